The van der Waals surface area contributed by atoms with Crippen molar-refractivity contribution in [1.82, 2.24) is 14.9 Å². The average molecular weight is 329 g/mol. The lowest BCUT2D eigenvalue weighted by Crippen LogP contribution is -2.51. The fourth-order valence-electron chi connectivity index (χ4n) is 3.20. The predicted molar refractivity (Wildman–Crippen MR) is 95.0 cm³/mol. The molecule has 3 rings (SSSR count). The molecule has 1 N–H and O–H groups in total. The van der Waals surface area contributed by atoms with Crippen molar-refractivity contribution in [3.8, 4) is 0 Å². The summed E-state index contributed by atoms with van der Waals surface area (Å²) in [6, 6.07) is 7.74. The van der Waals surface area contributed by atoms with Crippen molar-refractivity contribution in [1.29, 1.82) is 0 Å². The number of aromatic amines is 1. The number of benzene rings is 1. The van der Waals surface area contributed by atoms with Crippen molar-refractivity contribution in [3.05, 3.63) is 30.1 Å². The highest BCUT2D eigenvalue weighted by atomic mass is 16.5. The zero-order valence-electron chi connectivity index (χ0n) is 14.8. The molecule has 2 atom stereocenters. The molecule has 0 radical (unpaired) electrons. The van der Waals surface area contributed by atoms with Gasteiger partial charge >= 0.3 is 0 Å². The van der Waals surface area contributed by atoms with Crippen LogP contribution in [0.5, 0.6) is 0 Å². The highest BCUT2D eigenvalue weighted by molar-refractivity contribution is 5.94. The van der Waals surface area contributed by atoms with Gasteiger partial charge in [0.15, 0.2) is 5.82 Å². The van der Waals surface area contributed by atoms with E-state index in [4.69, 9.17) is 4.74 Å². The first-order chi connectivity index (χ1) is 11.6. The van der Waals surface area contributed by atoms with Crippen LogP contribution < -0.4 is 0 Å². The van der Waals surface area contributed by atoms with Gasteiger partial charge in [0.1, 0.15) is 0 Å². The SMILES string of the molecule is CCCC[C@@H]1CN(C(=O)c2nc3ccccc3[nH]2)C[C@H](C(C)C)O1. The van der Waals surface area contributed by atoms with E-state index in [1.807, 2.05) is 29.2 Å². The number of amides is 1. The van der Waals surface area contributed by atoms with Gasteiger partial charge in [0.05, 0.1) is 23.2 Å². The lowest BCUT2D eigenvalue weighted by Gasteiger charge is -2.39. The molecule has 2 aromatic rings. The summed E-state index contributed by atoms with van der Waals surface area (Å²) < 4.78 is 6.20. The molecule has 0 unspecified atom stereocenters. The van der Waals surface area contributed by atoms with E-state index in [9.17, 15) is 4.79 Å². The third-order valence-corrected chi connectivity index (χ3v) is 4.69. The molecule has 1 fully saturated rings. The second-order valence-electron chi connectivity index (χ2n) is 7.00. The van der Waals surface area contributed by atoms with Gasteiger partial charge in [-0.15, -0.1) is 0 Å². The molecule has 0 saturated carbocycles. The molecule has 5 heteroatoms. The fraction of sp³-hybridized carbons (Fsp3) is 0.579. The number of carbonyl (C=O) groups is 1. The summed E-state index contributed by atoms with van der Waals surface area (Å²) in [7, 11) is 0. The molecule has 2 heterocycles. The van der Waals surface area contributed by atoms with Gasteiger partial charge < -0.3 is 14.6 Å². The summed E-state index contributed by atoms with van der Waals surface area (Å²) in [6.45, 7) is 7.77. The Balaban J connectivity index is 1.78. The Morgan fingerprint density at radius 2 is 2.17 bits per heavy atom. The quantitative estimate of drug-likeness (QED) is 0.911. The minimum atomic E-state index is -0.0263. The number of hydrogen-bond donors (Lipinski definition) is 1. The topological polar surface area (TPSA) is 58.2 Å². The standard InChI is InChI=1S/C19H27N3O2/c1-4-5-8-14-11-22(12-17(24-14)13(2)3)19(23)18-20-15-9-6-7-10-16(15)21-18/h6-7,9-10,13-14,17H,4-5,8,11-12H2,1-3H3,(H,20,21)/t14-,17-/m1/s1. The fourth-order valence-corrected chi connectivity index (χ4v) is 3.20. The van der Waals surface area contributed by atoms with Crippen LogP contribution >= 0.6 is 0 Å². The third-order valence-electron chi connectivity index (χ3n) is 4.69. The van der Waals surface area contributed by atoms with Crippen LogP contribution in [0.2, 0.25) is 0 Å². The lowest BCUT2D eigenvalue weighted by atomic mass is 10.0. The smallest absolute Gasteiger partial charge is 0.289 e. The van der Waals surface area contributed by atoms with Crippen LogP contribution in [-0.2, 0) is 4.74 Å². The molecule has 1 saturated heterocycles. The minimum Gasteiger partial charge on any atom is -0.371 e. The summed E-state index contributed by atoms with van der Waals surface area (Å²) >= 11 is 0. The molecule has 0 spiro atoms. The summed E-state index contributed by atoms with van der Waals surface area (Å²) in [4.78, 5) is 22.5. The highest BCUT2D eigenvalue weighted by Gasteiger charge is 2.33. The molecular weight excluding hydrogens is 302 g/mol. The van der Waals surface area contributed by atoms with E-state index < -0.39 is 0 Å². The van der Waals surface area contributed by atoms with E-state index in [0.29, 0.717) is 24.8 Å². The Hall–Kier alpha value is -1.88. The van der Waals surface area contributed by atoms with Crippen molar-refractivity contribution in [3.63, 3.8) is 0 Å². The van der Waals surface area contributed by atoms with Gasteiger partial charge in [-0.25, -0.2) is 4.98 Å². The number of nitrogens with zero attached hydrogens (tertiary/aromatic N) is 2. The Morgan fingerprint density at radius 1 is 1.38 bits per heavy atom. The molecular formula is C19H27N3O2. The zero-order valence-corrected chi connectivity index (χ0v) is 14.8. The number of carbonyl (C=O) groups excluding carboxylic acids is 1. The molecule has 130 valence electrons. The number of rotatable bonds is 5. The molecule has 5 nitrogen and oxygen atoms in total. The molecule has 1 aliphatic heterocycles. The lowest BCUT2D eigenvalue weighted by molar-refractivity contribution is -0.0964. The monoisotopic (exact) mass is 329 g/mol. The third kappa shape index (κ3) is 3.61. The zero-order chi connectivity index (χ0) is 17.1. The van der Waals surface area contributed by atoms with Crippen LogP contribution in [-0.4, -0.2) is 46.1 Å². The molecule has 0 aliphatic carbocycles. The summed E-state index contributed by atoms with van der Waals surface area (Å²) in [6.07, 6.45) is 3.49. The summed E-state index contributed by atoms with van der Waals surface area (Å²) in [5.41, 5.74) is 1.73. The van der Waals surface area contributed by atoms with Crippen LogP contribution in [0.25, 0.3) is 11.0 Å². The number of para-hydroxylation sites is 2. The minimum absolute atomic E-state index is 0.0263. The maximum Gasteiger partial charge on any atom is 0.289 e. The van der Waals surface area contributed by atoms with E-state index >= 15 is 0 Å². The van der Waals surface area contributed by atoms with Crippen LogP contribution in [0.3, 0.4) is 0 Å². The molecule has 1 aromatic heterocycles. The number of aromatic nitrogens is 2. The summed E-state index contributed by atoms with van der Waals surface area (Å²) in [5, 5.41) is 0. The van der Waals surface area contributed by atoms with Crippen molar-refractivity contribution in [2.45, 2.75) is 52.2 Å². The summed E-state index contributed by atoms with van der Waals surface area (Å²) in [5.74, 6) is 0.789. The van der Waals surface area contributed by atoms with Gasteiger partial charge in [0.25, 0.3) is 5.91 Å². The van der Waals surface area contributed by atoms with Crippen molar-refractivity contribution >= 4 is 16.9 Å². The van der Waals surface area contributed by atoms with Gasteiger partial charge in [-0.1, -0.05) is 45.7 Å². The maximum atomic E-state index is 12.9. The number of hydrogen-bond acceptors (Lipinski definition) is 3. The first-order valence-corrected chi connectivity index (χ1v) is 8.98. The largest absolute Gasteiger partial charge is 0.371 e. The van der Waals surface area contributed by atoms with Crippen LogP contribution in [0.15, 0.2) is 24.3 Å². The number of nitrogens with one attached hydrogen (secondary N) is 1. The molecule has 24 heavy (non-hydrogen) atoms. The van der Waals surface area contributed by atoms with Crippen molar-refractivity contribution in [2.75, 3.05) is 13.1 Å². The van der Waals surface area contributed by atoms with Gasteiger partial charge in [-0.3, -0.25) is 4.79 Å². The normalized spacial score (nSPS) is 21.6. The highest BCUT2D eigenvalue weighted by Crippen LogP contribution is 2.22. The number of fused-ring (bicyclic) bond motifs is 1. The van der Waals surface area contributed by atoms with E-state index in [2.05, 4.69) is 30.7 Å². The second kappa shape index (κ2) is 7.34. The first kappa shape index (κ1) is 17.0. The number of H-pyrrole nitrogens is 1. The van der Waals surface area contributed by atoms with Crippen LogP contribution in [0, 0.1) is 5.92 Å². The number of unbranched alkanes of at least 4 members (excludes halogenated alkanes) is 1. The average Bonchev–Trinajstić information content (AvgIpc) is 3.03. The molecule has 1 aliphatic rings. The van der Waals surface area contributed by atoms with E-state index in [1.165, 1.54) is 0 Å². The van der Waals surface area contributed by atoms with Gasteiger partial charge in [-0.2, -0.15) is 0 Å². The van der Waals surface area contributed by atoms with Crippen LogP contribution in [0.1, 0.15) is 50.7 Å². The number of morpholine rings is 1. The second-order valence-corrected chi connectivity index (χ2v) is 7.00. The Morgan fingerprint density at radius 3 is 2.88 bits per heavy atom. The van der Waals surface area contributed by atoms with Gasteiger partial charge in [-0.05, 0) is 24.5 Å². The van der Waals surface area contributed by atoms with E-state index in [0.717, 1.165) is 30.3 Å². The number of ether oxygens (including phenoxy) is 1. The molecule has 1 amide bonds. The first-order valence-electron chi connectivity index (χ1n) is 8.98. The maximum absolute atomic E-state index is 12.9. The molecule has 1 aromatic carbocycles. The predicted octanol–water partition coefficient (Wildman–Crippen LogP) is 3.62. The van der Waals surface area contributed by atoms with Gasteiger partial charge in [0.2, 0.25) is 0 Å². The Kier molecular flexibility index (Phi) is 5.19. The van der Waals surface area contributed by atoms with Crippen molar-refractivity contribution < 1.29 is 9.53 Å². The van der Waals surface area contributed by atoms with Crippen molar-refractivity contribution in [2.24, 2.45) is 5.92 Å². The molecule has 0 bridgehead atoms. The number of imidazole rings is 1. The van der Waals surface area contributed by atoms with Gasteiger partial charge in [0, 0.05) is 13.1 Å². The Bertz CT molecular complexity index is 662. The van der Waals surface area contributed by atoms with E-state index in [-0.39, 0.29) is 18.1 Å². The van der Waals surface area contributed by atoms with E-state index in [1.54, 1.807) is 0 Å². The Labute approximate surface area is 143 Å². The van der Waals surface area contributed by atoms with Crippen LogP contribution in [0.4, 0.5) is 0 Å².